The van der Waals surface area contributed by atoms with Crippen LogP contribution in [0.2, 0.25) is 0 Å². The van der Waals surface area contributed by atoms with Crippen LogP contribution >= 0.6 is 11.8 Å². The maximum absolute atomic E-state index is 13.0. The van der Waals surface area contributed by atoms with Gasteiger partial charge in [-0.15, -0.1) is 0 Å². The number of nitrogens with zero attached hydrogens (tertiary/aromatic N) is 7. The third-order valence-corrected chi connectivity index (χ3v) is 14.7. The highest BCUT2D eigenvalue weighted by molar-refractivity contribution is 8.14. The molecule has 8 rings (SSSR count). The number of amides is 2. The number of rotatable bonds is 28. The Labute approximate surface area is 449 Å². The Kier molecular flexibility index (Phi) is 21.4. The lowest BCUT2D eigenvalue weighted by Crippen LogP contribution is -2.49. The molecule has 1 saturated heterocycles. The number of aliphatic hydroxyl groups excluding tert-OH is 1. The number of hydrogen-bond acceptors (Lipinski definition) is 19. The van der Waals surface area contributed by atoms with Gasteiger partial charge in [0.05, 0.1) is 90.5 Å². The molecule has 408 valence electrons. The number of benzene rings is 2. The smallest absolute Gasteiger partial charge is 0.257 e. The van der Waals surface area contributed by atoms with Crippen LogP contribution in [0.5, 0.6) is 0 Å². The van der Waals surface area contributed by atoms with E-state index in [-0.39, 0.29) is 29.7 Å². The fourth-order valence-corrected chi connectivity index (χ4v) is 10.6. The normalized spacial score (nSPS) is 17.9. The molecular formula is C55H73N11O9S. The summed E-state index contributed by atoms with van der Waals surface area (Å²) < 4.78 is 28.1. The van der Waals surface area contributed by atoms with E-state index in [0.29, 0.717) is 125 Å². The lowest BCUT2D eigenvalue weighted by Gasteiger charge is -2.40. The van der Waals surface area contributed by atoms with Gasteiger partial charge in [0.15, 0.2) is 17.2 Å². The van der Waals surface area contributed by atoms with Gasteiger partial charge in [-0.25, -0.2) is 9.97 Å². The first kappa shape index (κ1) is 56.2. The summed E-state index contributed by atoms with van der Waals surface area (Å²) in [6.07, 6.45) is 6.51. The molecule has 1 aliphatic carbocycles. The van der Waals surface area contributed by atoms with Gasteiger partial charge in [-0.2, -0.15) is 4.98 Å². The quantitative estimate of drug-likeness (QED) is 0.0451. The molecule has 0 radical (unpaired) electrons. The van der Waals surface area contributed by atoms with E-state index in [1.807, 2.05) is 73.5 Å². The first-order valence-corrected chi connectivity index (χ1v) is 27.4. The van der Waals surface area contributed by atoms with Crippen molar-refractivity contribution in [1.82, 2.24) is 30.5 Å². The summed E-state index contributed by atoms with van der Waals surface area (Å²) in [5, 5.41) is 24.5. The van der Waals surface area contributed by atoms with Gasteiger partial charge in [0, 0.05) is 79.6 Å². The van der Waals surface area contributed by atoms with Gasteiger partial charge in [0.1, 0.15) is 11.6 Å². The standard InChI is InChI=1S/C55H73N11O9S/c1-38-33-42(13-15-45(38)52(69)63-55-60-47(37-76-55)41-9-5-4-6-10-41)56-17-23-71-25-27-73-29-31-75-32-30-74-28-26-72-24-18-57-49(68)36-64-19-21-65(22-20-64)44-14-16-48(58-34-44)61-54-59-35-46-39(2)50(40(3)67)53(70)66(51(46)62-54)43-11-7-8-12-43/h4-6,9-10,13-16,33-35,43,47,53,56,70H,7-8,11-12,17-32,36-37H2,1-3H3,(H,57,68)(H,60,63,69)(H,58,59,61,62). The van der Waals surface area contributed by atoms with E-state index < -0.39 is 6.23 Å². The number of amidine groups is 1. The minimum atomic E-state index is -1.04. The van der Waals surface area contributed by atoms with Gasteiger partial charge in [-0.3, -0.25) is 24.3 Å². The molecule has 2 amide bonds. The number of aryl methyl sites for hydroxylation is 1. The van der Waals surface area contributed by atoms with Crippen molar-refractivity contribution in [3.8, 4) is 0 Å². The number of anilines is 5. The Bertz CT molecular complexity index is 2600. The molecule has 3 aliphatic heterocycles. The predicted molar refractivity (Wildman–Crippen MR) is 296 cm³/mol. The predicted octanol–water partition coefficient (Wildman–Crippen LogP) is 5.37. The third-order valence-electron chi connectivity index (χ3n) is 13.7. The highest BCUT2D eigenvalue weighted by Crippen LogP contribution is 2.41. The molecule has 5 N–H and O–H groups in total. The van der Waals surface area contributed by atoms with Crippen LogP contribution in [0.1, 0.15) is 72.6 Å². The molecule has 2 atom stereocenters. The first-order valence-electron chi connectivity index (χ1n) is 26.4. The average molecular weight is 1060 g/mol. The molecule has 2 unspecified atom stereocenters. The Balaban J connectivity index is 0.590. The minimum Gasteiger partial charge on any atom is -0.383 e. The van der Waals surface area contributed by atoms with Crippen molar-refractivity contribution in [1.29, 1.82) is 0 Å². The van der Waals surface area contributed by atoms with E-state index in [1.54, 1.807) is 18.0 Å². The van der Waals surface area contributed by atoms with Crippen LogP contribution in [0.4, 0.5) is 29.0 Å². The van der Waals surface area contributed by atoms with Crippen molar-refractivity contribution >= 4 is 69.1 Å². The number of nitrogens with one attached hydrogen (secondary N) is 4. The first-order chi connectivity index (χ1) is 37.1. The number of carbonyl (C=O) groups is 3. The van der Waals surface area contributed by atoms with E-state index in [4.69, 9.17) is 33.7 Å². The highest BCUT2D eigenvalue weighted by atomic mass is 32.2. The molecule has 5 heterocycles. The summed E-state index contributed by atoms with van der Waals surface area (Å²) in [6.45, 7) is 14.2. The SMILES string of the molecule is CC(=O)C1=C(C)c2cnc(Nc3ccc(N4CCN(CC(=O)NCCOCCOCCOCCOCCOCCNc5ccc(C(=O)NC6=NC(c7ccccc7)CS6)c(C)c5)CC4)cn3)nc2N(C2CCCC2)C1O. The number of hydrogen-bond donors (Lipinski definition) is 5. The number of pyridine rings is 1. The number of ketones is 1. The van der Waals surface area contributed by atoms with Crippen molar-refractivity contribution in [2.45, 2.75) is 64.8 Å². The Morgan fingerprint density at radius 1 is 0.776 bits per heavy atom. The number of aliphatic imine (C=N–C) groups is 1. The number of piperazine rings is 1. The molecule has 1 saturated carbocycles. The molecule has 76 heavy (non-hydrogen) atoms. The molecule has 0 bridgehead atoms. The van der Waals surface area contributed by atoms with Crippen LogP contribution in [0.3, 0.4) is 0 Å². The lowest BCUT2D eigenvalue weighted by atomic mass is 9.93. The van der Waals surface area contributed by atoms with Gasteiger partial charge in [0.25, 0.3) is 5.91 Å². The summed E-state index contributed by atoms with van der Waals surface area (Å²) in [5.74, 6) is 2.05. The third kappa shape index (κ3) is 16.0. The molecule has 21 heteroatoms. The summed E-state index contributed by atoms with van der Waals surface area (Å²) in [4.78, 5) is 63.2. The van der Waals surface area contributed by atoms with Crippen molar-refractivity contribution in [3.63, 3.8) is 0 Å². The number of aromatic nitrogens is 3. The summed E-state index contributed by atoms with van der Waals surface area (Å²) in [6, 6.07) is 19.9. The van der Waals surface area contributed by atoms with Crippen LogP contribution in [-0.2, 0) is 33.3 Å². The van der Waals surface area contributed by atoms with Crippen molar-refractivity contribution in [2.75, 3.05) is 138 Å². The number of allylic oxidation sites excluding steroid dienone is 1. The fourth-order valence-electron chi connectivity index (χ4n) is 9.67. The summed E-state index contributed by atoms with van der Waals surface area (Å²) in [7, 11) is 0. The fraction of sp³-hybridized carbons (Fsp3) is 0.509. The zero-order valence-corrected chi connectivity index (χ0v) is 44.8. The van der Waals surface area contributed by atoms with Gasteiger partial charge in [-0.05, 0) is 80.6 Å². The summed E-state index contributed by atoms with van der Waals surface area (Å²) >= 11 is 1.56. The topological polar surface area (TPSA) is 226 Å². The lowest BCUT2D eigenvalue weighted by molar-refractivity contribution is -0.122. The van der Waals surface area contributed by atoms with Gasteiger partial charge >= 0.3 is 0 Å². The van der Waals surface area contributed by atoms with E-state index >= 15 is 0 Å². The number of thioether (sulfide) groups is 1. The number of ether oxygens (including phenoxy) is 5. The van der Waals surface area contributed by atoms with Crippen LogP contribution in [0.15, 0.2) is 83.6 Å². The molecule has 0 spiro atoms. The maximum atomic E-state index is 13.0. The monoisotopic (exact) mass is 1060 g/mol. The number of Topliss-reactive ketones (excluding diaryl/α,β-unsaturated/α-hetero) is 1. The summed E-state index contributed by atoms with van der Waals surface area (Å²) in [5.41, 5.74) is 6.41. The second-order valence-electron chi connectivity index (χ2n) is 19.0. The number of fused-ring (bicyclic) bond motifs is 1. The van der Waals surface area contributed by atoms with E-state index in [1.165, 1.54) is 6.92 Å². The molecule has 4 aromatic rings. The molecule has 20 nitrogen and oxygen atoms in total. The largest absolute Gasteiger partial charge is 0.383 e. The molecule has 4 aliphatic rings. The van der Waals surface area contributed by atoms with Crippen LogP contribution in [-0.4, -0.2) is 178 Å². The van der Waals surface area contributed by atoms with Gasteiger partial charge < -0.3 is 59.9 Å². The molecule has 2 aromatic carbocycles. The molecule has 2 fully saturated rings. The van der Waals surface area contributed by atoms with Crippen LogP contribution in [0.25, 0.3) is 5.57 Å². The van der Waals surface area contributed by atoms with E-state index in [2.05, 4.69) is 53.2 Å². The Morgan fingerprint density at radius 3 is 2.09 bits per heavy atom. The second-order valence-corrected chi connectivity index (χ2v) is 20.0. The van der Waals surface area contributed by atoms with E-state index in [0.717, 1.165) is 85.7 Å². The second kappa shape index (κ2) is 28.9. The average Bonchev–Trinajstić information content (AvgIpc) is 4.17. The number of aliphatic hydroxyl groups is 1. The zero-order chi connectivity index (χ0) is 53.1. The highest BCUT2D eigenvalue weighted by Gasteiger charge is 2.39. The minimum absolute atomic E-state index is 0.0338. The van der Waals surface area contributed by atoms with Crippen LogP contribution in [0, 0.1) is 6.92 Å². The van der Waals surface area contributed by atoms with Crippen LogP contribution < -0.4 is 31.1 Å². The van der Waals surface area contributed by atoms with Crippen molar-refractivity contribution in [3.05, 3.63) is 101 Å². The molecule has 2 aromatic heterocycles. The Morgan fingerprint density at radius 2 is 1.45 bits per heavy atom. The van der Waals surface area contributed by atoms with E-state index in [9.17, 15) is 19.5 Å². The number of carbonyl (C=O) groups excluding carboxylic acids is 3. The van der Waals surface area contributed by atoms with Gasteiger partial charge in [0.2, 0.25) is 11.9 Å². The van der Waals surface area contributed by atoms with Crippen molar-refractivity contribution < 1.29 is 43.2 Å². The van der Waals surface area contributed by atoms with Crippen molar-refractivity contribution in [2.24, 2.45) is 4.99 Å². The van der Waals surface area contributed by atoms with Gasteiger partial charge in [-0.1, -0.05) is 54.9 Å². The molecular weight excluding hydrogens is 991 g/mol. The maximum Gasteiger partial charge on any atom is 0.257 e. The Hall–Kier alpha value is -6.04. The zero-order valence-electron chi connectivity index (χ0n) is 44.0.